The van der Waals surface area contributed by atoms with Gasteiger partial charge in [-0.2, -0.15) is 0 Å². The summed E-state index contributed by atoms with van der Waals surface area (Å²) in [6, 6.07) is 0. The molecular formula is C5H8N2O. The van der Waals surface area contributed by atoms with Gasteiger partial charge in [-0.3, -0.25) is 4.79 Å². The molecule has 3 nitrogen and oxygen atoms in total. The van der Waals surface area contributed by atoms with E-state index in [1.54, 1.807) is 6.92 Å². The minimum atomic E-state index is -0.262. The Bertz CT molecular complexity index is 118. The maximum Gasteiger partial charge on any atom is 0.250 e. The van der Waals surface area contributed by atoms with Crippen LogP contribution in [0.15, 0.2) is 4.99 Å². The van der Waals surface area contributed by atoms with Crippen LogP contribution in [0.3, 0.4) is 0 Å². The number of rotatable bonds is 2. The lowest BCUT2D eigenvalue weighted by molar-refractivity contribution is -0.116. The lowest BCUT2D eigenvalue weighted by atomic mass is 10.4. The molecule has 0 bridgehead atoms. The van der Waals surface area contributed by atoms with Crippen LogP contribution in [0.25, 0.3) is 0 Å². The van der Waals surface area contributed by atoms with E-state index < -0.39 is 0 Å². The molecule has 0 aliphatic rings. The maximum absolute atomic E-state index is 10.3. The molecule has 1 N–H and O–H groups in total. The van der Waals surface area contributed by atoms with Gasteiger partial charge in [-0.15, -0.1) is 0 Å². The molecule has 0 atom stereocenters. The van der Waals surface area contributed by atoms with Crippen molar-refractivity contribution in [2.45, 2.75) is 13.3 Å². The lowest BCUT2D eigenvalue weighted by Crippen LogP contribution is -1.91. The molecular weight excluding hydrogens is 104 g/mol. The van der Waals surface area contributed by atoms with Crippen LogP contribution in [0.4, 0.5) is 0 Å². The molecule has 3 heteroatoms. The summed E-state index contributed by atoms with van der Waals surface area (Å²) in [5.74, 6) is -0.262. The number of aliphatic imine (C=N–C) groups is 1. The molecule has 0 aromatic rings. The summed E-state index contributed by atoms with van der Waals surface area (Å²) in [6.07, 6.45) is 2.57. The molecule has 0 fully saturated rings. The zero-order valence-electron chi connectivity index (χ0n) is 4.72. The monoisotopic (exact) mass is 112 g/mol. The molecule has 8 heavy (non-hydrogen) atoms. The maximum atomic E-state index is 10.3. The predicted octanol–water partition coefficient (Wildman–Crippen LogP) is 0.643. The van der Waals surface area contributed by atoms with Crippen molar-refractivity contribution in [1.82, 2.24) is 0 Å². The van der Waals surface area contributed by atoms with E-state index in [1.807, 2.05) is 0 Å². The minimum Gasteiger partial charge on any atom is -0.313 e. The number of carbonyl (C=O) groups is 1. The van der Waals surface area contributed by atoms with Crippen molar-refractivity contribution in [2.75, 3.05) is 0 Å². The number of carbonyl (C=O) groups excluding carboxylic acids is 1. The summed E-state index contributed by atoms with van der Waals surface area (Å²) in [4.78, 5) is 13.7. The van der Waals surface area contributed by atoms with Gasteiger partial charge in [0, 0.05) is 12.4 Å². The van der Waals surface area contributed by atoms with Crippen LogP contribution in [0.5, 0.6) is 0 Å². The van der Waals surface area contributed by atoms with Crippen LogP contribution in [0.1, 0.15) is 13.3 Å². The van der Waals surface area contributed by atoms with Gasteiger partial charge in [0.1, 0.15) is 0 Å². The lowest BCUT2D eigenvalue weighted by Gasteiger charge is -1.79. The summed E-state index contributed by atoms with van der Waals surface area (Å²) in [5.41, 5.74) is 0. The van der Waals surface area contributed by atoms with E-state index >= 15 is 0 Å². The fraction of sp³-hybridized carbons (Fsp3) is 0.400. The van der Waals surface area contributed by atoms with Gasteiger partial charge in [-0.25, -0.2) is 4.99 Å². The summed E-state index contributed by atoms with van der Waals surface area (Å²) >= 11 is 0. The summed E-state index contributed by atoms with van der Waals surface area (Å²) in [5, 5.41) is 6.49. The van der Waals surface area contributed by atoms with Crippen molar-refractivity contribution < 1.29 is 4.79 Å². The molecule has 0 aromatic heterocycles. The SMILES string of the molecule is CC=NC(=O)CC=N. The Morgan fingerprint density at radius 2 is 2.50 bits per heavy atom. The van der Waals surface area contributed by atoms with Gasteiger partial charge >= 0.3 is 0 Å². The molecule has 44 valence electrons. The highest BCUT2D eigenvalue weighted by Gasteiger charge is 1.89. The first-order valence-electron chi connectivity index (χ1n) is 2.31. The van der Waals surface area contributed by atoms with E-state index in [4.69, 9.17) is 5.41 Å². The standard InChI is InChI=1S/C5H8N2O/c1-2-7-5(8)3-4-6/h2,4,6H,3H2,1H3. The van der Waals surface area contributed by atoms with Crippen molar-refractivity contribution in [1.29, 1.82) is 5.41 Å². The minimum absolute atomic E-state index is 0.115. The van der Waals surface area contributed by atoms with Gasteiger partial charge in [-0.05, 0) is 6.92 Å². The molecule has 0 unspecified atom stereocenters. The molecule has 0 aliphatic heterocycles. The summed E-state index contributed by atoms with van der Waals surface area (Å²) in [6.45, 7) is 1.67. The van der Waals surface area contributed by atoms with Gasteiger partial charge in [-0.1, -0.05) is 0 Å². The van der Waals surface area contributed by atoms with E-state index in [1.165, 1.54) is 6.21 Å². The number of nitrogens with zero attached hydrogens (tertiary/aromatic N) is 1. The Morgan fingerprint density at radius 3 is 2.88 bits per heavy atom. The third kappa shape index (κ3) is 3.21. The molecule has 0 spiro atoms. The molecule has 0 aromatic carbocycles. The Labute approximate surface area is 47.9 Å². The van der Waals surface area contributed by atoms with Crippen LogP contribution in [0, 0.1) is 5.41 Å². The quantitative estimate of drug-likeness (QED) is 0.524. The van der Waals surface area contributed by atoms with Crippen molar-refractivity contribution in [3.63, 3.8) is 0 Å². The topological polar surface area (TPSA) is 53.3 Å². The first-order chi connectivity index (χ1) is 3.81. The first kappa shape index (κ1) is 7.01. The Morgan fingerprint density at radius 1 is 1.88 bits per heavy atom. The fourth-order valence-corrected chi connectivity index (χ4v) is 0.284. The van der Waals surface area contributed by atoms with Gasteiger partial charge in [0.2, 0.25) is 0 Å². The van der Waals surface area contributed by atoms with Crippen LogP contribution >= 0.6 is 0 Å². The van der Waals surface area contributed by atoms with Crippen LogP contribution < -0.4 is 0 Å². The average Bonchev–Trinajstić information content (AvgIpc) is 1.68. The van der Waals surface area contributed by atoms with Crippen molar-refractivity contribution in [2.24, 2.45) is 4.99 Å². The van der Waals surface area contributed by atoms with Gasteiger partial charge in [0.25, 0.3) is 5.91 Å². The zero-order valence-corrected chi connectivity index (χ0v) is 4.72. The van der Waals surface area contributed by atoms with E-state index in [-0.39, 0.29) is 12.3 Å². The van der Waals surface area contributed by atoms with Crippen LogP contribution in [-0.2, 0) is 4.79 Å². The first-order valence-corrected chi connectivity index (χ1v) is 2.31. The summed E-state index contributed by atoms with van der Waals surface area (Å²) in [7, 11) is 0. The van der Waals surface area contributed by atoms with Crippen molar-refractivity contribution in [3.8, 4) is 0 Å². The highest BCUT2D eigenvalue weighted by atomic mass is 16.1. The highest BCUT2D eigenvalue weighted by Crippen LogP contribution is 1.76. The smallest absolute Gasteiger partial charge is 0.250 e. The summed E-state index contributed by atoms with van der Waals surface area (Å²) < 4.78 is 0. The molecule has 1 amide bonds. The normalized spacial score (nSPS) is 9.62. The average molecular weight is 112 g/mol. The van der Waals surface area contributed by atoms with Crippen molar-refractivity contribution in [3.05, 3.63) is 0 Å². The predicted molar refractivity (Wildman–Crippen MR) is 32.6 cm³/mol. The zero-order chi connectivity index (χ0) is 6.41. The van der Waals surface area contributed by atoms with Gasteiger partial charge in [0.15, 0.2) is 0 Å². The second-order valence-corrected chi connectivity index (χ2v) is 1.19. The third-order valence-corrected chi connectivity index (χ3v) is 0.550. The molecule has 0 saturated heterocycles. The molecule has 0 heterocycles. The van der Waals surface area contributed by atoms with E-state index in [9.17, 15) is 4.79 Å². The Kier molecular flexibility index (Phi) is 3.66. The third-order valence-electron chi connectivity index (χ3n) is 0.550. The van der Waals surface area contributed by atoms with Gasteiger partial charge in [0.05, 0.1) is 6.42 Å². The second-order valence-electron chi connectivity index (χ2n) is 1.19. The molecule has 0 aliphatic carbocycles. The number of nitrogens with one attached hydrogen (secondary N) is 1. The largest absolute Gasteiger partial charge is 0.313 e. The number of amides is 1. The highest BCUT2D eigenvalue weighted by molar-refractivity contribution is 5.93. The second kappa shape index (κ2) is 4.18. The van der Waals surface area contributed by atoms with E-state index in [2.05, 4.69) is 4.99 Å². The Hall–Kier alpha value is -0.990. The number of hydrogen-bond donors (Lipinski definition) is 1. The number of hydrogen-bond acceptors (Lipinski definition) is 2. The molecule has 0 rings (SSSR count). The van der Waals surface area contributed by atoms with Crippen molar-refractivity contribution >= 4 is 18.3 Å². The van der Waals surface area contributed by atoms with Gasteiger partial charge < -0.3 is 5.41 Å². The Balaban J connectivity index is 3.48. The van der Waals surface area contributed by atoms with Crippen LogP contribution in [-0.4, -0.2) is 18.3 Å². The molecule has 0 saturated carbocycles. The van der Waals surface area contributed by atoms with E-state index in [0.29, 0.717) is 0 Å². The molecule has 0 radical (unpaired) electrons. The van der Waals surface area contributed by atoms with E-state index in [0.717, 1.165) is 6.21 Å². The fourth-order valence-electron chi connectivity index (χ4n) is 0.284. The van der Waals surface area contributed by atoms with Crippen LogP contribution in [0.2, 0.25) is 0 Å².